The summed E-state index contributed by atoms with van der Waals surface area (Å²) in [5, 5.41) is 4.08. The molecule has 2 amide bonds. The molecule has 1 heterocycles. The second-order valence-electron chi connectivity index (χ2n) is 6.31. The highest BCUT2D eigenvalue weighted by atomic mass is 35.5. The molecule has 6 heteroatoms. The van der Waals surface area contributed by atoms with Crippen LogP contribution >= 0.6 is 23.2 Å². The molecule has 2 aliphatic rings. The number of likely N-dealkylation sites (tertiary alicyclic amines) is 1. The summed E-state index contributed by atoms with van der Waals surface area (Å²) >= 11 is 12.2. The lowest BCUT2D eigenvalue weighted by Gasteiger charge is -2.31. The third-order valence-corrected chi connectivity index (χ3v) is 5.24. The van der Waals surface area contributed by atoms with Gasteiger partial charge in [0.2, 0.25) is 11.8 Å². The van der Waals surface area contributed by atoms with Gasteiger partial charge in [-0.1, -0.05) is 29.3 Å². The Labute approximate surface area is 146 Å². The molecule has 0 radical (unpaired) electrons. The summed E-state index contributed by atoms with van der Waals surface area (Å²) in [6.07, 6.45) is 3.85. The van der Waals surface area contributed by atoms with E-state index in [-0.39, 0.29) is 24.2 Å². The number of halogens is 2. The van der Waals surface area contributed by atoms with E-state index in [1.165, 1.54) is 0 Å². The first kappa shape index (κ1) is 16.6. The summed E-state index contributed by atoms with van der Waals surface area (Å²) in [4.78, 5) is 26.3. The fourth-order valence-corrected chi connectivity index (χ4v) is 3.43. The number of nitrogens with zero attached hydrogens (tertiary/aromatic N) is 1. The zero-order valence-corrected chi connectivity index (χ0v) is 14.4. The normalized spacial score (nSPS) is 18.8. The minimum absolute atomic E-state index is 0.0149. The van der Waals surface area contributed by atoms with Crippen LogP contribution in [0, 0.1) is 5.92 Å². The Morgan fingerprint density at radius 2 is 1.70 bits per heavy atom. The number of amides is 2. The van der Waals surface area contributed by atoms with E-state index in [1.807, 2.05) is 0 Å². The minimum atomic E-state index is 0.0149. The van der Waals surface area contributed by atoms with Crippen molar-refractivity contribution in [2.75, 3.05) is 13.1 Å². The largest absolute Gasteiger partial charge is 0.353 e. The van der Waals surface area contributed by atoms with Gasteiger partial charge in [0, 0.05) is 35.1 Å². The molecule has 2 fully saturated rings. The fraction of sp³-hybridized carbons (Fsp3) is 0.529. The highest BCUT2D eigenvalue weighted by Crippen LogP contribution is 2.27. The lowest BCUT2D eigenvalue weighted by atomic mass is 9.95. The summed E-state index contributed by atoms with van der Waals surface area (Å²) in [5.74, 6) is 0.193. The van der Waals surface area contributed by atoms with Gasteiger partial charge in [0.15, 0.2) is 0 Å². The van der Waals surface area contributed by atoms with Gasteiger partial charge in [-0.05, 0) is 43.4 Å². The Bertz CT molecular complexity index is 588. The van der Waals surface area contributed by atoms with Crippen molar-refractivity contribution in [2.45, 2.75) is 38.1 Å². The summed E-state index contributed by atoms with van der Waals surface area (Å²) in [6, 6.07) is 5.64. The standard InChI is InChI=1S/C17H20Cl2N2O2/c18-14-2-1-3-15(19)13(14)10-16(22)21-8-6-11(7-9-21)17(23)20-12-4-5-12/h1-3,11-12H,4-10H2,(H,20,23). The summed E-state index contributed by atoms with van der Waals surface area (Å²) in [5.41, 5.74) is 0.675. The maximum Gasteiger partial charge on any atom is 0.227 e. The molecule has 0 atom stereocenters. The van der Waals surface area contributed by atoms with Crippen LogP contribution in [0.3, 0.4) is 0 Å². The number of rotatable bonds is 4. The monoisotopic (exact) mass is 354 g/mol. The fourth-order valence-electron chi connectivity index (χ4n) is 2.90. The summed E-state index contributed by atoms with van der Waals surface area (Å²) in [6.45, 7) is 1.23. The second kappa shape index (κ2) is 7.10. The smallest absolute Gasteiger partial charge is 0.227 e. The third-order valence-electron chi connectivity index (χ3n) is 4.53. The summed E-state index contributed by atoms with van der Waals surface area (Å²) in [7, 11) is 0. The molecule has 1 aliphatic carbocycles. The molecule has 1 aromatic rings. The Morgan fingerprint density at radius 3 is 2.26 bits per heavy atom. The van der Waals surface area contributed by atoms with Gasteiger partial charge >= 0.3 is 0 Å². The Hall–Kier alpha value is -1.26. The number of hydrogen-bond acceptors (Lipinski definition) is 2. The Kier molecular flexibility index (Phi) is 5.12. The number of carbonyl (C=O) groups excluding carboxylic acids is 2. The predicted molar refractivity (Wildman–Crippen MR) is 90.6 cm³/mol. The third kappa shape index (κ3) is 4.18. The zero-order chi connectivity index (χ0) is 16.4. The zero-order valence-electron chi connectivity index (χ0n) is 12.9. The average Bonchev–Trinajstić information content (AvgIpc) is 3.35. The van der Waals surface area contributed by atoms with Crippen LogP contribution in [-0.4, -0.2) is 35.8 Å². The van der Waals surface area contributed by atoms with Crippen molar-refractivity contribution in [1.82, 2.24) is 10.2 Å². The number of carbonyl (C=O) groups is 2. The van der Waals surface area contributed by atoms with E-state index >= 15 is 0 Å². The molecule has 1 aromatic carbocycles. The van der Waals surface area contributed by atoms with Gasteiger partial charge in [-0.25, -0.2) is 0 Å². The molecule has 3 rings (SSSR count). The van der Waals surface area contributed by atoms with Crippen molar-refractivity contribution < 1.29 is 9.59 Å². The number of piperidine rings is 1. The molecule has 4 nitrogen and oxygen atoms in total. The van der Waals surface area contributed by atoms with Crippen LogP contribution in [0.4, 0.5) is 0 Å². The van der Waals surface area contributed by atoms with Crippen molar-refractivity contribution in [1.29, 1.82) is 0 Å². The molecular weight excluding hydrogens is 335 g/mol. The van der Waals surface area contributed by atoms with Gasteiger partial charge in [-0.2, -0.15) is 0 Å². The predicted octanol–water partition coefficient (Wildman–Crippen LogP) is 3.05. The van der Waals surface area contributed by atoms with Crippen LogP contribution in [0.5, 0.6) is 0 Å². The maximum absolute atomic E-state index is 12.4. The molecule has 0 aromatic heterocycles. The van der Waals surface area contributed by atoms with Gasteiger partial charge in [0.25, 0.3) is 0 Å². The van der Waals surface area contributed by atoms with Crippen LogP contribution in [-0.2, 0) is 16.0 Å². The molecule has 0 bridgehead atoms. The average molecular weight is 355 g/mol. The van der Waals surface area contributed by atoms with Gasteiger partial charge < -0.3 is 10.2 Å². The van der Waals surface area contributed by atoms with Gasteiger partial charge in [-0.3, -0.25) is 9.59 Å². The van der Waals surface area contributed by atoms with E-state index in [9.17, 15) is 9.59 Å². The summed E-state index contributed by atoms with van der Waals surface area (Å²) < 4.78 is 0. The van der Waals surface area contributed by atoms with Gasteiger partial charge in [-0.15, -0.1) is 0 Å². The molecule has 23 heavy (non-hydrogen) atoms. The van der Waals surface area contributed by atoms with Crippen molar-refractivity contribution >= 4 is 35.0 Å². The van der Waals surface area contributed by atoms with E-state index in [4.69, 9.17) is 23.2 Å². The maximum atomic E-state index is 12.4. The van der Waals surface area contributed by atoms with E-state index in [0.29, 0.717) is 34.7 Å². The van der Waals surface area contributed by atoms with Crippen molar-refractivity contribution in [2.24, 2.45) is 5.92 Å². The van der Waals surface area contributed by atoms with E-state index < -0.39 is 0 Å². The molecule has 1 saturated heterocycles. The van der Waals surface area contributed by atoms with Gasteiger partial charge in [0.1, 0.15) is 0 Å². The first-order valence-electron chi connectivity index (χ1n) is 8.05. The molecule has 124 valence electrons. The van der Waals surface area contributed by atoms with Gasteiger partial charge in [0.05, 0.1) is 6.42 Å². The van der Waals surface area contributed by atoms with E-state index in [1.54, 1.807) is 23.1 Å². The topological polar surface area (TPSA) is 49.4 Å². The van der Waals surface area contributed by atoms with Crippen LogP contribution in [0.2, 0.25) is 10.0 Å². The Balaban J connectivity index is 1.52. The molecule has 0 unspecified atom stereocenters. The van der Waals surface area contributed by atoms with Crippen LogP contribution < -0.4 is 5.32 Å². The highest BCUT2D eigenvalue weighted by Gasteiger charge is 2.31. The van der Waals surface area contributed by atoms with Crippen molar-refractivity contribution in [3.05, 3.63) is 33.8 Å². The van der Waals surface area contributed by atoms with E-state index in [0.717, 1.165) is 25.7 Å². The Morgan fingerprint density at radius 1 is 1.09 bits per heavy atom. The minimum Gasteiger partial charge on any atom is -0.353 e. The lowest BCUT2D eigenvalue weighted by Crippen LogP contribution is -2.44. The first-order chi connectivity index (χ1) is 11.0. The SMILES string of the molecule is O=C(NC1CC1)C1CCN(C(=O)Cc2c(Cl)cccc2Cl)CC1. The number of nitrogens with one attached hydrogen (secondary N) is 1. The quantitative estimate of drug-likeness (QED) is 0.903. The molecule has 1 saturated carbocycles. The highest BCUT2D eigenvalue weighted by molar-refractivity contribution is 6.36. The molecular formula is C17H20Cl2N2O2. The molecule has 0 spiro atoms. The molecule has 1 aliphatic heterocycles. The van der Waals surface area contributed by atoms with Crippen molar-refractivity contribution in [3.63, 3.8) is 0 Å². The van der Waals surface area contributed by atoms with Crippen LogP contribution in [0.25, 0.3) is 0 Å². The van der Waals surface area contributed by atoms with E-state index in [2.05, 4.69) is 5.32 Å². The molecule has 1 N–H and O–H groups in total. The van der Waals surface area contributed by atoms with Crippen molar-refractivity contribution in [3.8, 4) is 0 Å². The first-order valence-corrected chi connectivity index (χ1v) is 8.81. The van der Waals surface area contributed by atoms with Crippen LogP contribution in [0.1, 0.15) is 31.2 Å². The van der Waals surface area contributed by atoms with Crippen LogP contribution in [0.15, 0.2) is 18.2 Å². The number of hydrogen-bond donors (Lipinski definition) is 1. The number of benzene rings is 1. The second-order valence-corrected chi connectivity index (χ2v) is 7.13. The lowest BCUT2D eigenvalue weighted by molar-refractivity contribution is -0.135.